The Balaban J connectivity index is 1.63. The number of nitrogens with one attached hydrogen (secondary N) is 1. The third-order valence-corrected chi connectivity index (χ3v) is 6.27. The molecular weight excluding hydrogens is 371 g/mol. The molecule has 27 heavy (non-hydrogen) atoms. The van der Waals surface area contributed by atoms with Gasteiger partial charge in [0.1, 0.15) is 17.3 Å². The maximum Gasteiger partial charge on any atom is 0.271 e. The number of carbonyl (C=O) groups excluding carboxylic acids is 1. The molecule has 1 aliphatic heterocycles. The monoisotopic (exact) mass is 392 g/mol. The number of aromatic nitrogens is 2. The molecular formula is C18H21FN4O3S. The quantitative estimate of drug-likeness (QED) is 0.802. The van der Waals surface area contributed by atoms with E-state index in [1.165, 1.54) is 24.5 Å². The van der Waals surface area contributed by atoms with Crippen molar-refractivity contribution in [1.29, 1.82) is 0 Å². The van der Waals surface area contributed by atoms with Crippen molar-refractivity contribution >= 4 is 21.6 Å². The molecule has 1 amide bonds. The first kappa shape index (κ1) is 19.2. The van der Waals surface area contributed by atoms with E-state index in [-0.39, 0.29) is 41.5 Å². The van der Waals surface area contributed by atoms with Crippen LogP contribution in [0.4, 0.5) is 10.2 Å². The zero-order valence-corrected chi connectivity index (χ0v) is 15.7. The highest BCUT2D eigenvalue weighted by Gasteiger charge is 2.32. The van der Waals surface area contributed by atoms with Crippen LogP contribution in [-0.4, -0.2) is 48.4 Å². The summed E-state index contributed by atoms with van der Waals surface area (Å²) in [5, 5.41) is 2.71. The number of halogens is 1. The highest BCUT2D eigenvalue weighted by Crippen LogP contribution is 2.22. The van der Waals surface area contributed by atoms with Crippen LogP contribution in [0, 0.1) is 5.82 Å². The van der Waals surface area contributed by atoms with Gasteiger partial charge in [0.05, 0.1) is 23.9 Å². The van der Waals surface area contributed by atoms with Gasteiger partial charge in [0.25, 0.3) is 5.91 Å². The molecule has 1 aromatic carbocycles. The number of sulfone groups is 1. The van der Waals surface area contributed by atoms with Gasteiger partial charge in [-0.1, -0.05) is 12.1 Å². The largest absolute Gasteiger partial charge is 0.352 e. The summed E-state index contributed by atoms with van der Waals surface area (Å²) >= 11 is 0. The predicted molar refractivity (Wildman–Crippen MR) is 99.7 cm³/mol. The molecule has 0 saturated carbocycles. The first-order chi connectivity index (χ1) is 12.9. The van der Waals surface area contributed by atoms with Crippen LogP contribution < -0.4 is 10.2 Å². The predicted octanol–water partition coefficient (Wildman–Crippen LogP) is 1.56. The third-order valence-electron chi connectivity index (χ3n) is 4.52. The van der Waals surface area contributed by atoms with Crippen LogP contribution in [0.1, 0.15) is 29.4 Å². The van der Waals surface area contributed by atoms with Crippen LogP contribution in [0.2, 0.25) is 0 Å². The third kappa shape index (κ3) is 4.79. The number of benzene rings is 1. The normalized spacial score (nSPS) is 18.2. The minimum atomic E-state index is -2.99. The van der Waals surface area contributed by atoms with Crippen LogP contribution in [-0.2, 0) is 16.4 Å². The summed E-state index contributed by atoms with van der Waals surface area (Å²) in [7, 11) is -2.99. The Hall–Kier alpha value is -2.55. The summed E-state index contributed by atoms with van der Waals surface area (Å²) in [5.41, 5.74) is 0.935. The van der Waals surface area contributed by atoms with E-state index < -0.39 is 9.84 Å². The van der Waals surface area contributed by atoms with Crippen molar-refractivity contribution in [1.82, 2.24) is 15.3 Å². The lowest BCUT2D eigenvalue weighted by Crippen LogP contribution is -2.37. The van der Waals surface area contributed by atoms with Crippen molar-refractivity contribution < 1.29 is 17.6 Å². The van der Waals surface area contributed by atoms with E-state index in [2.05, 4.69) is 15.3 Å². The van der Waals surface area contributed by atoms with E-state index in [1.807, 2.05) is 11.8 Å². The Labute approximate surface area is 157 Å². The molecule has 2 heterocycles. The molecule has 144 valence electrons. The Morgan fingerprint density at radius 3 is 2.56 bits per heavy atom. The fraction of sp³-hybridized carbons (Fsp3) is 0.389. The second kappa shape index (κ2) is 7.99. The lowest BCUT2D eigenvalue weighted by Gasteiger charge is -2.27. The number of rotatable bonds is 6. The molecule has 0 aliphatic carbocycles. The summed E-state index contributed by atoms with van der Waals surface area (Å²) in [5.74, 6) is 0.134. The highest BCUT2D eigenvalue weighted by atomic mass is 32.2. The van der Waals surface area contributed by atoms with Gasteiger partial charge in [-0.05, 0) is 31.0 Å². The summed E-state index contributed by atoms with van der Waals surface area (Å²) in [6.07, 6.45) is 3.43. The number of hydrogen-bond donors (Lipinski definition) is 1. The number of hydrogen-bond acceptors (Lipinski definition) is 6. The van der Waals surface area contributed by atoms with Crippen LogP contribution in [0.5, 0.6) is 0 Å². The SMILES string of the molecule is CCN(c1cnc(C(=O)NCc2ccc(F)cc2)cn1)C1CCS(=O)(=O)C1. The first-order valence-electron chi connectivity index (χ1n) is 8.69. The van der Waals surface area contributed by atoms with Crippen molar-refractivity contribution in [3.05, 3.63) is 53.7 Å². The molecule has 1 atom stereocenters. The maximum absolute atomic E-state index is 12.9. The Bertz CT molecular complexity index is 901. The summed E-state index contributed by atoms with van der Waals surface area (Å²) in [4.78, 5) is 22.5. The molecule has 1 aliphatic rings. The van der Waals surface area contributed by atoms with Crippen molar-refractivity contribution in [3.63, 3.8) is 0 Å². The van der Waals surface area contributed by atoms with Gasteiger partial charge in [-0.3, -0.25) is 4.79 Å². The van der Waals surface area contributed by atoms with Gasteiger partial charge in [-0.15, -0.1) is 0 Å². The molecule has 0 radical (unpaired) electrons. The van der Waals surface area contributed by atoms with E-state index in [0.717, 1.165) is 5.56 Å². The van der Waals surface area contributed by atoms with Crippen LogP contribution in [0.25, 0.3) is 0 Å². The molecule has 7 nitrogen and oxygen atoms in total. The van der Waals surface area contributed by atoms with E-state index in [0.29, 0.717) is 18.8 Å². The van der Waals surface area contributed by atoms with Crippen molar-refractivity contribution in [3.8, 4) is 0 Å². The summed E-state index contributed by atoms with van der Waals surface area (Å²) in [6.45, 7) is 2.78. The first-order valence-corrected chi connectivity index (χ1v) is 10.5. The van der Waals surface area contributed by atoms with Crippen LogP contribution in [0.15, 0.2) is 36.7 Å². The van der Waals surface area contributed by atoms with Crippen LogP contribution in [0.3, 0.4) is 0 Å². The van der Waals surface area contributed by atoms with Crippen LogP contribution >= 0.6 is 0 Å². The molecule has 2 aromatic rings. The molecule has 0 spiro atoms. The zero-order valence-electron chi connectivity index (χ0n) is 14.9. The topological polar surface area (TPSA) is 92.3 Å². The molecule has 9 heteroatoms. The van der Waals surface area contributed by atoms with E-state index in [9.17, 15) is 17.6 Å². The molecule has 1 aromatic heterocycles. The number of nitrogens with zero attached hydrogens (tertiary/aromatic N) is 3. The van der Waals surface area contributed by atoms with Gasteiger partial charge in [-0.25, -0.2) is 22.8 Å². The standard InChI is InChI=1S/C18H21FN4O3S/c1-2-23(15-7-8-27(25,26)12-15)17-11-20-16(10-21-17)18(24)22-9-13-3-5-14(19)6-4-13/h3-6,10-11,15H,2,7-9,12H2,1H3,(H,22,24). The summed E-state index contributed by atoms with van der Waals surface area (Å²) in [6, 6.07) is 5.74. The Kier molecular flexibility index (Phi) is 5.69. The lowest BCUT2D eigenvalue weighted by atomic mass is 10.2. The number of amides is 1. The molecule has 0 bridgehead atoms. The zero-order chi connectivity index (χ0) is 19.4. The lowest BCUT2D eigenvalue weighted by molar-refractivity contribution is 0.0945. The second-order valence-electron chi connectivity index (χ2n) is 6.41. The molecule has 1 unspecified atom stereocenters. The average molecular weight is 392 g/mol. The fourth-order valence-electron chi connectivity index (χ4n) is 3.09. The molecule has 1 N–H and O–H groups in total. The smallest absolute Gasteiger partial charge is 0.271 e. The van der Waals surface area contributed by atoms with Crippen molar-refractivity contribution in [2.75, 3.05) is 23.0 Å². The van der Waals surface area contributed by atoms with E-state index in [1.54, 1.807) is 12.1 Å². The molecule has 1 fully saturated rings. The molecule has 1 saturated heterocycles. The van der Waals surface area contributed by atoms with Gasteiger partial charge >= 0.3 is 0 Å². The fourth-order valence-corrected chi connectivity index (χ4v) is 4.82. The highest BCUT2D eigenvalue weighted by molar-refractivity contribution is 7.91. The number of carbonyl (C=O) groups is 1. The molecule has 3 rings (SSSR count). The van der Waals surface area contributed by atoms with Gasteiger partial charge in [0.2, 0.25) is 0 Å². The Morgan fingerprint density at radius 1 is 1.26 bits per heavy atom. The van der Waals surface area contributed by atoms with Crippen molar-refractivity contribution in [2.45, 2.75) is 25.9 Å². The second-order valence-corrected chi connectivity index (χ2v) is 8.64. The minimum absolute atomic E-state index is 0.114. The van der Waals surface area contributed by atoms with Crippen molar-refractivity contribution in [2.24, 2.45) is 0 Å². The van der Waals surface area contributed by atoms with Gasteiger partial charge in [0, 0.05) is 19.1 Å². The van der Waals surface area contributed by atoms with Gasteiger partial charge < -0.3 is 10.2 Å². The van der Waals surface area contributed by atoms with E-state index >= 15 is 0 Å². The number of anilines is 1. The average Bonchev–Trinajstić information content (AvgIpc) is 3.02. The van der Waals surface area contributed by atoms with Gasteiger partial charge in [-0.2, -0.15) is 0 Å². The van der Waals surface area contributed by atoms with E-state index in [4.69, 9.17) is 0 Å². The Morgan fingerprint density at radius 2 is 2.00 bits per heavy atom. The summed E-state index contributed by atoms with van der Waals surface area (Å²) < 4.78 is 36.3. The minimum Gasteiger partial charge on any atom is -0.352 e. The van der Waals surface area contributed by atoms with Gasteiger partial charge in [0.15, 0.2) is 9.84 Å². The maximum atomic E-state index is 12.9.